The Hall–Kier alpha value is -9.81. The van der Waals surface area contributed by atoms with Crippen molar-refractivity contribution in [2.45, 2.75) is 58.5 Å². The van der Waals surface area contributed by atoms with Gasteiger partial charge in [0.15, 0.2) is 34.5 Å². The number of nitrogens with one attached hydrogen (secondary N) is 3. The van der Waals surface area contributed by atoms with E-state index >= 15 is 0 Å². The number of hydrogen-bond acceptors (Lipinski definition) is 9. The van der Waals surface area contributed by atoms with E-state index in [9.17, 15) is 14.4 Å². The van der Waals surface area contributed by atoms with Crippen molar-refractivity contribution in [1.82, 2.24) is 16.0 Å². The van der Waals surface area contributed by atoms with Gasteiger partial charge in [0.1, 0.15) is 39.6 Å². The van der Waals surface area contributed by atoms with Crippen LogP contribution in [0.5, 0.6) is 34.5 Å². The molecule has 0 aromatic heterocycles. The second-order valence-electron chi connectivity index (χ2n) is 18.8. The average Bonchev–Trinajstić information content (AvgIpc) is 3.51. The van der Waals surface area contributed by atoms with E-state index in [4.69, 9.17) is 28.4 Å². The largest absolute Gasteiger partial charge is 0.485 e. The van der Waals surface area contributed by atoms with Crippen molar-refractivity contribution in [3.05, 3.63) is 287 Å². The fourth-order valence-corrected chi connectivity index (χ4v) is 8.71. The molecule has 3 amide bonds. The fourth-order valence-electron chi connectivity index (χ4n) is 8.71. The molecule has 12 heteroatoms. The minimum atomic E-state index is -0.648. The summed E-state index contributed by atoms with van der Waals surface area (Å²) < 4.78 is 38.1. The van der Waals surface area contributed by atoms with Crippen LogP contribution in [0.4, 0.5) is 0 Å². The van der Waals surface area contributed by atoms with Gasteiger partial charge in [-0.15, -0.1) is 0 Å². The van der Waals surface area contributed by atoms with Crippen LogP contribution in [0.15, 0.2) is 237 Å². The first-order chi connectivity index (χ1) is 39.4. The van der Waals surface area contributed by atoms with Crippen molar-refractivity contribution < 1.29 is 42.8 Å². The van der Waals surface area contributed by atoms with E-state index < -0.39 is 17.9 Å². The zero-order chi connectivity index (χ0) is 55.0. The van der Waals surface area contributed by atoms with Crippen LogP contribution in [-0.2, 0) is 39.6 Å². The van der Waals surface area contributed by atoms with Gasteiger partial charge in [-0.05, 0) is 82.6 Å². The molecule has 12 nitrogen and oxygen atoms in total. The van der Waals surface area contributed by atoms with E-state index in [1.54, 1.807) is 54.6 Å². The van der Waals surface area contributed by atoms with Crippen LogP contribution < -0.4 is 44.4 Å². The summed E-state index contributed by atoms with van der Waals surface area (Å²) in [4.78, 5) is 43.4. The lowest BCUT2D eigenvalue weighted by atomic mass is 10.1. The number of para-hydroxylation sites is 3. The van der Waals surface area contributed by atoms with Gasteiger partial charge in [-0.2, -0.15) is 0 Å². The minimum absolute atomic E-state index is 0.00835. The average molecular weight is 1070 g/mol. The molecule has 0 heterocycles. The molecule has 0 aliphatic carbocycles. The summed E-state index contributed by atoms with van der Waals surface area (Å²) in [7, 11) is 0. The second kappa shape index (κ2) is 29.1. The van der Waals surface area contributed by atoms with Crippen molar-refractivity contribution in [3.8, 4) is 34.5 Å². The van der Waals surface area contributed by atoms with Crippen molar-refractivity contribution >= 4 is 17.7 Å². The monoisotopic (exact) mass is 1070 g/mol. The van der Waals surface area contributed by atoms with E-state index in [1.807, 2.05) is 182 Å². The van der Waals surface area contributed by atoms with E-state index in [0.717, 1.165) is 33.4 Å². The first-order valence-corrected chi connectivity index (χ1v) is 26.7. The summed E-state index contributed by atoms with van der Waals surface area (Å²) in [5.74, 6) is 0.843. The lowest BCUT2D eigenvalue weighted by Gasteiger charge is -2.22. The topological polar surface area (TPSA) is 143 Å². The van der Waals surface area contributed by atoms with Gasteiger partial charge in [0.25, 0.3) is 17.7 Å². The van der Waals surface area contributed by atoms with Gasteiger partial charge in [-0.3, -0.25) is 14.4 Å². The Morgan fingerprint density at radius 3 is 0.925 bits per heavy atom. The highest BCUT2D eigenvalue weighted by atomic mass is 16.5. The minimum Gasteiger partial charge on any atom is -0.485 e. The van der Waals surface area contributed by atoms with E-state index in [2.05, 4.69) is 16.0 Å². The summed E-state index contributed by atoms with van der Waals surface area (Å²) in [6.45, 7) is 1.58. The van der Waals surface area contributed by atoms with Gasteiger partial charge < -0.3 is 44.4 Å². The van der Waals surface area contributed by atoms with Crippen molar-refractivity contribution in [1.29, 1.82) is 0 Å². The van der Waals surface area contributed by atoms with Gasteiger partial charge in [0.05, 0.1) is 16.7 Å². The Kier molecular flexibility index (Phi) is 20.0. The lowest BCUT2D eigenvalue weighted by molar-refractivity contribution is 0.0898. The highest BCUT2D eigenvalue weighted by Gasteiger charge is 2.25. The molecule has 9 aromatic carbocycles. The smallest absolute Gasteiger partial charge is 0.255 e. The molecule has 0 bridgehead atoms. The summed E-state index contributed by atoms with van der Waals surface area (Å²) in [5.41, 5.74) is 6.41. The summed E-state index contributed by atoms with van der Waals surface area (Å²) in [6.07, 6.45) is 0.745. The standard InChI is InChI=1S/C68H63N3O9/c72-66(57-36-19-39-60(75-44-50-23-7-1-8-24-50)63(57)78-47-53-29-13-4-14-30-53)69-42-22-35-56(71-68(74)59-38-21-41-62(77-46-52-27-11-3-12-28-52)65(59)80-49-55-33-17-6-18-34-55)43-70-67(73)58-37-20-40-61(76-45-51-25-9-2-10-26-51)64(58)79-48-54-31-15-5-16-32-54/h1-21,23-34,36-41,56H,22,35,42-49H2,(H,69,72)(H,70,73)(H,71,74)/t56-/m0/s1. The number of carbonyl (C=O) groups is 3. The zero-order valence-corrected chi connectivity index (χ0v) is 44.3. The highest BCUT2D eigenvalue weighted by molar-refractivity contribution is 5.99. The Morgan fingerprint density at radius 2 is 0.600 bits per heavy atom. The molecule has 3 N–H and O–H groups in total. The van der Waals surface area contributed by atoms with Crippen LogP contribution in [0.2, 0.25) is 0 Å². The van der Waals surface area contributed by atoms with Crippen molar-refractivity contribution in [3.63, 3.8) is 0 Å². The lowest BCUT2D eigenvalue weighted by Crippen LogP contribution is -2.44. The molecule has 0 spiro atoms. The molecule has 1 atom stereocenters. The van der Waals surface area contributed by atoms with Gasteiger partial charge in [-0.1, -0.05) is 200 Å². The number of benzene rings is 9. The van der Waals surface area contributed by atoms with Crippen molar-refractivity contribution in [2.24, 2.45) is 0 Å². The molecule has 404 valence electrons. The molecule has 0 aliphatic rings. The van der Waals surface area contributed by atoms with Gasteiger partial charge in [0.2, 0.25) is 0 Å². The molecule has 0 fully saturated rings. The maximum absolute atomic E-state index is 14.7. The molecular weight excluding hydrogens is 1000 g/mol. The van der Waals surface area contributed by atoms with Crippen LogP contribution in [0.3, 0.4) is 0 Å². The number of ether oxygens (including phenoxy) is 6. The summed E-state index contributed by atoms with van der Waals surface area (Å²) in [6, 6.07) is 73.4. The van der Waals surface area contributed by atoms with E-state index in [0.29, 0.717) is 41.4 Å². The number of hydrogen-bond donors (Lipinski definition) is 3. The first kappa shape index (κ1) is 55.0. The Labute approximate surface area is 467 Å². The predicted octanol–water partition coefficient (Wildman–Crippen LogP) is 12.9. The molecule has 0 saturated carbocycles. The molecule has 0 aliphatic heterocycles. The summed E-state index contributed by atoms with van der Waals surface area (Å²) in [5, 5.41) is 9.35. The van der Waals surface area contributed by atoms with Crippen LogP contribution >= 0.6 is 0 Å². The molecular formula is C68H63N3O9. The maximum atomic E-state index is 14.7. The molecule has 9 aromatic rings. The van der Waals surface area contributed by atoms with Gasteiger partial charge in [-0.25, -0.2) is 0 Å². The predicted molar refractivity (Wildman–Crippen MR) is 309 cm³/mol. The Bertz CT molecular complexity index is 3370. The zero-order valence-electron chi connectivity index (χ0n) is 44.3. The SMILES string of the molecule is O=C(NCCC[C@@H](CNC(=O)c1cccc(OCc2ccccc2)c1OCc1ccccc1)NC(=O)c1cccc(OCc2ccccc2)c1OCc1ccccc1)c1cccc(OCc2ccccc2)c1OCc1ccccc1. The fraction of sp³-hybridized carbons (Fsp3) is 0.162. The summed E-state index contributed by atoms with van der Waals surface area (Å²) >= 11 is 0. The number of carbonyl (C=O) groups excluding carboxylic acids is 3. The van der Waals surface area contributed by atoms with Crippen LogP contribution in [0.1, 0.15) is 77.3 Å². The third kappa shape index (κ3) is 16.1. The quantitative estimate of drug-likeness (QED) is 0.0409. The Balaban J connectivity index is 0.951. The molecule has 0 unspecified atom stereocenters. The first-order valence-electron chi connectivity index (χ1n) is 26.7. The van der Waals surface area contributed by atoms with Crippen molar-refractivity contribution in [2.75, 3.05) is 13.1 Å². The Morgan fingerprint density at radius 1 is 0.312 bits per heavy atom. The van der Waals surface area contributed by atoms with Crippen LogP contribution in [-0.4, -0.2) is 36.9 Å². The molecule has 9 rings (SSSR count). The van der Waals surface area contributed by atoms with E-state index in [-0.39, 0.29) is 81.3 Å². The third-order valence-corrected chi connectivity index (χ3v) is 12.9. The molecule has 0 radical (unpaired) electrons. The number of rotatable bonds is 28. The normalized spacial score (nSPS) is 11.1. The van der Waals surface area contributed by atoms with Crippen LogP contribution in [0.25, 0.3) is 0 Å². The van der Waals surface area contributed by atoms with Gasteiger partial charge in [0, 0.05) is 19.1 Å². The second-order valence-corrected chi connectivity index (χ2v) is 18.8. The highest BCUT2D eigenvalue weighted by Crippen LogP contribution is 2.36. The molecule has 0 saturated heterocycles. The van der Waals surface area contributed by atoms with Gasteiger partial charge >= 0.3 is 0 Å². The number of amides is 3. The maximum Gasteiger partial charge on any atom is 0.255 e. The van der Waals surface area contributed by atoms with Crippen LogP contribution in [0, 0.1) is 0 Å². The van der Waals surface area contributed by atoms with E-state index in [1.165, 1.54) is 0 Å². The molecule has 80 heavy (non-hydrogen) atoms. The third-order valence-electron chi connectivity index (χ3n) is 12.9.